The van der Waals surface area contributed by atoms with Gasteiger partial charge >= 0.3 is 0 Å². The van der Waals surface area contributed by atoms with Gasteiger partial charge in [-0.15, -0.1) is 0 Å². The molecule has 3 unspecified atom stereocenters. The molecule has 0 spiro atoms. The van der Waals surface area contributed by atoms with Gasteiger partial charge in [-0.05, 0) is 67.3 Å². The van der Waals surface area contributed by atoms with Gasteiger partial charge in [-0.2, -0.15) is 0 Å². The molecule has 0 N–H and O–H groups in total. The summed E-state index contributed by atoms with van der Waals surface area (Å²) >= 11 is 0. The van der Waals surface area contributed by atoms with E-state index in [1.807, 2.05) is 12.3 Å². The number of benzene rings is 1. The molecule has 0 saturated heterocycles. The Balaban J connectivity index is 1.76. The summed E-state index contributed by atoms with van der Waals surface area (Å²) in [6.07, 6.45) is 6.58. The Kier molecular flexibility index (Phi) is 3.02. The third-order valence-electron chi connectivity index (χ3n) is 5.34. The summed E-state index contributed by atoms with van der Waals surface area (Å²) in [4.78, 5) is 16.2. The molecule has 2 aliphatic carbocycles. The Hall–Kier alpha value is -1.77. The molecule has 4 rings (SSSR count). The smallest absolute Gasteiger partial charge is 0.135 e. The van der Waals surface area contributed by atoms with E-state index < -0.39 is 0 Å². The maximum Gasteiger partial charge on any atom is 0.135 e. The Morgan fingerprint density at radius 2 is 2.05 bits per heavy atom. The molecule has 1 aromatic carbocycles. The van der Waals surface area contributed by atoms with Gasteiger partial charge in [0.2, 0.25) is 0 Å². The van der Waals surface area contributed by atoms with Crippen LogP contribution < -0.4 is 0 Å². The molecule has 1 aromatic heterocycles. The monoisotopic (exact) mass is 283 g/mol. The molecule has 3 atom stereocenters. The second-order valence-corrected chi connectivity index (χ2v) is 6.44. The highest BCUT2D eigenvalue weighted by Gasteiger charge is 2.38. The number of halogens is 1. The third kappa shape index (κ3) is 2.15. The minimum absolute atomic E-state index is 0.204. The van der Waals surface area contributed by atoms with Crippen molar-refractivity contribution >= 4 is 16.7 Å². The van der Waals surface area contributed by atoms with Crippen molar-refractivity contribution in [3.8, 4) is 0 Å². The van der Waals surface area contributed by atoms with Crippen LogP contribution in [0.4, 0.5) is 4.39 Å². The molecule has 1 heterocycles. The van der Waals surface area contributed by atoms with Crippen LogP contribution in [0.3, 0.4) is 0 Å². The molecule has 0 amide bonds. The summed E-state index contributed by atoms with van der Waals surface area (Å²) < 4.78 is 13.6. The van der Waals surface area contributed by atoms with Gasteiger partial charge in [0.05, 0.1) is 5.52 Å². The van der Waals surface area contributed by atoms with Gasteiger partial charge in [0.25, 0.3) is 0 Å². The number of hydrogen-bond donors (Lipinski definition) is 0. The minimum atomic E-state index is -0.204. The van der Waals surface area contributed by atoms with Crippen LogP contribution in [0.1, 0.15) is 43.6 Å². The summed E-state index contributed by atoms with van der Waals surface area (Å²) in [5.41, 5.74) is 2.08. The Bertz CT molecular complexity index is 711. The number of carbonyl (C=O) groups excluding carboxylic acids is 1. The van der Waals surface area contributed by atoms with Crippen LogP contribution in [-0.2, 0) is 4.79 Å². The standard InChI is InChI=1S/C18H18FNO/c19-13-3-5-17-16(10-13)15(7-8-20-17)14-4-1-12-9-11(14)2-6-18(12)21/h3,5,7-8,10-12,14H,1-2,4,6,9H2. The summed E-state index contributed by atoms with van der Waals surface area (Å²) in [7, 11) is 0. The lowest BCUT2D eigenvalue weighted by Gasteiger charge is -2.40. The number of rotatable bonds is 1. The molecule has 2 aliphatic rings. The van der Waals surface area contributed by atoms with Crippen LogP contribution in [0, 0.1) is 17.7 Å². The van der Waals surface area contributed by atoms with Crippen LogP contribution in [0.15, 0.2) is 30.5 Å². The molecular weight excluding hydrogens is 265 g/mol. The number of Topliss-reactive ketones (excluding diaryl/α,β-unsaturated/α-hetero) is 1. The molecular formula is C18H18FNO. The summed E-state index contributed by atoms with van der Waals surface area (Å²) in [5, 5.41) is 0.942. The van der Waals surface area contributed by atoms with E-state index in [0.717, 1.165) is 43.0 Å². The maximum absolute atomic E-state index is 13.6. The number of nitrogens with zero attached hydrogens (tertiary/aromatic N) is 1. The van der Waals surface area contributed by atoms with Crippen molar-refractivity contribution in [1.82, 2.24) is 4.98 Å². The largest absolute Gasteiger partial charge is 0.299 e. The zero-order chi connectivity index (χ0) is 14.4. The van der Waals surface area contributed by atoms with E-state index in [1.165, 1.54) is 11.6 Å². The molecule has 21 heavy (non-hydrogen) atoms. The highest BCUT2D eigenvalue weighted by atomic mass is 19.1. The van der Waals surface area contributed by atoms with Crippen molar-refractivity contribution < 1.29 is 9.18 Å². The zero-order valence-corrected chi connectivity index (χ0v) is 11.9. The Labute approximate surface area is 123 Å². The Morgan fingerprint density at radius 3 is 2.95 bits per heavy atom. The molecule has 0 aliphatic heterocycles. The lowest BCUT2D eigenvalue weighted by Crippen LogP contribution is -2.33. The quantitative estimate of drug-likeness (QED) is 0.783. The van der Waals surface area contributed by atoms with Crippen molar-refractivity contribution in [2.45, 2.75) is 38.0 Å². The first-order chi connectivity index (χ1) is 10.2. The van der Waals surface area contributed by atoms with Crippen molar-refractivity contribution in [2.75, 3.05) is 0 Å². The second-order valence-electron chi connectivity index (χ2n) is 6.44. The topological polar surface area (TPSA) is 30.0 Å². The molecule has 3 heteroatoms. The highest BCUT2D eigenvalue weighted by molar-refractivity contribution is 5.84. The van der Waals surface area contributed by atoms with Crippen LogP contribution >= 0.6 is 0 Å². The van der Waals surface area contributed by atoms with Crippen LogP contribution in [0.2, 0.25) is 0 Å². The molecule has 108 valence electrons. The summed E-state index contributed by atoms with van der Waals surface area (Å²) in [6.45, 7) is 0. The lowest BCUT2D eigenvalue weighted by molar-refractivity contribution is -0.127. The number of ketones is 1. The van der Waals surface area contributed by atoms with Gasteiger partial charge in [-0.1, -0.05) is 0 Å². The van der Waals surface area contributed by atoms with Crippen molar-refractivity contribution in [2.24, 2.45) is 11.8 Å². The number of aromatic nitrogens is 1. The van der Waals surface area contributed by atoms with Crippen LogP contribution in [0.25, 0.3) is 10.9 Å². The van der Waals surface area contributed by atoms with E-state index in [4.69, 9.17) is 0 Å². The predicted octanol–water partition coefficient (Wildman–Crippen LogP) is 4.24. The zero-order valence-electron chi connectivity index (χ0n) is 11.9. The van der Waals surface area contributed by atoms with Gasteiger partial charge in [0.1, 0.15) is 11.6 Å². The van der Waals surface area contributed by atoms with Crippen LogP contribution in [-0.4, -0.2) is 10.8 Å². The first kappa shape index (κ1) is 12.9. The van der Waals surface area contributed by atoms with Gasteiger partial charge in [0, 0.05) is 23.9 Å². The highest BCUT2D eigenvalue weighted by Crippen LogP contribution is 2.47. The average Bonchev–Trinajstić information content (AvgIpc) is 2.51. The second kappa shape index (κ2) is 4.90. The van der Waals surface area contributed by atoms with Gasteiger partial charge in [-0.3, -0.25) is 9.78 Å². The number of carbonyl (C=O) groups is 1. The fourth-order valence-electron chi connectivity index (χ4n) is 4.28. The lowest BCUT2D eigenvalue weighted by atomic mass is 9.64. The number of pyridine rings is 1. The molecule has 2 bridgehead atoms. The van der Waals surface area contributed by atoms with E-state index in [2.05, 4.69) is 4.98 Å². The number of fused-ring (bicyclic) bond motifs is 3. The predicted molar refractivity (Wildman–Crippen MR) is 79.5 cm³/mol. The van der Waals surface area contributed by atoms with Gasteiger partial charge < -0.3 is 0 Å². The maximum atomic E-state index is 13.6. The molecule has 2 saturated carbocycles. The van der Waals surface area contributed by atoms with Crippen molar-refractivity contribution in [1.29, 1.82) is 0 Å². The normalized spacial score (nSPS) is 28.8. The van der Waals surface area contributed by atoms with E-state index in [1.54, 1.807) is 12.1 Å². The molecule has 2 nitrogen and oxygen atoms in total. The van der Waals surface area contributed by atoms with Crippen LogP contribution in [0.5, 0.6) is 0 Å². The van der Waals surface area contributed by atoms with Gasteiger partial charge in [0.15, 0.2) is 0 Å². The van der Waals surface area contributed by atoms with E-state index in [0.29, 0.717) is 17.6 Å². The summed E-state index contributed by atoms with van der Waals surface area (Å²) in [6, 6.07) is 6.88. The van der Waals surface area contributed by atoms with E-state index >= 15 is 0 Å². The van der Waals surface area contributed by atoms with Crippen molar-refractivity contribution in [3.05, 3.63) is 41.8 Å². The fraction of sp³-hybridized carbons (Fsp3) is 0.444. The molecule has 0 radical (unpaired) electrons. The average molecular weight is 283 g/mol. The van der Waals surface area contributed by atoms with Crippen molar-refractivity contribution in [3.63, 3.8) is 0 Å². The first-order valence-electron chi connectivity index (χ1n) is 7.79. The van der Waals surface area contributed by atoms with E-state index in [-0.39, 0.29) is 11.7 Å². The Morgan fingerprint density at radius 1 is 1.14 bits per heavy atom. The molecule has 2 aromatic rings. The first-order valence-corrected chi connectivity index (χ1v) is 7.79. The number of hydrogen-bond acceptors (Lipinski definition) is 2. The minimum Gasteiger partial charge on any atom is -0.299 e. The van der Waals surface area contributed by atoms with Gasteiger partial charge in [-0.25, -0.2) is 4.39 Å². The summed E-state index contributed by atoms with van der Waals surface area (Å²) in [5.74, 6) is 1.54. The fourth-order valence-corrected chi connectivity index (χ4v) is 4.28. The third-order valence-corrected chi connectivity index (χ3v) is 5.34. The van der Waals surface area contributed by atoms with E-state index in [9.17, 15) is 9.18 Å². The SMILES string of the molecule is O=C1CCC2CC1CCC2c1ccnc2ccc(F)cc12. The molecule has 2 fully saturated rings.